The second-order valence-electron chi connectivity index (χ2n) is 7.06. The van der Waals surface area contributed by atoms with Crippen molar-refractivity contribution in [3.63, 3.8) is 0 Å². The van der Waals surface area contributed by atoms with Crippen molar-refractivity contribution >= 4 is 5.82 Å². The third kappa shape index (κ3) is 1.91. The number of pyridine rings is 1. The summed E-state index contributed by atoms with van der Waals surface area (Å²) < 4.78 is 5.81. The second kappa shape index (κ2) is 3.70. The smallest absolute Gasteiger partial charge is 0.131 e. The number of nitrogens with zero attached hydrogens (tertiary/aromatic N) is 2. The molecular weight excluding hydrogens is 224 g/mol. The lowest BCUT2D eigenvalue weighted by molar-refractivity contribution is 0.0674. The van der Waals surface area contributed by atoms with Gasteiger partial charge in [-0.2, -0.15) is 0 Å². The third-order valence-corrected chi connectivity index (χ3v) is 4.10. The van der Waals surface area contributed by atoms with Gasteiger partial charge < -0.3 is 9.64 Å². The van der Waals surface area contributed by atoms with E-state index in [1.54, 1.807) is 0 Å². The first-order chi connectivity index (χ1) is 8.37. The fraction of sp³-hybridized carbons (Fsp3) is 0.667. The third-order valence-electron chi connectivity index (χ3n) is 4.10. The number of rotatable bonds is 1. The Morgan fingerprint density at radius 3 is 2.61 bits per heavy atom. The number of aromatic nitrogens is 1. The molecule has 2 aliphatic heterocycles. The molecule has 0 aromatic carbocycles. The molecule has 2 saturated heterocycles. The fourth-order valence-electron chi connectivity index (χ4n) is 2.89. The number of hydrogen-bond donors (Lipinski definition) is 0. The minimum absolute atomic E-state index is 0.165. The highest BCUT2D eigenvalue weighted by Gasteiger charge is 2.48. The van der Waals surface area contributed by atoms with Crippen LogP contribution in [0.25, 0.3) is 0 Å². The zero-order chi connectivity index (χ0) is 13.0. The second-order valence-corrected chi connectivity index (χ2v) is 7.06. The summed E-state index contributed by atoms with van der Waals surface area (Å²) in [7, 11) is 0. The summed E-state index contributed by atoms with van der Waals surface area (Å²) in [4.78, 5) is 6.92. The predicted octanol–water partition coefficient (Wildman–Crippen LogP) is 2.95. The molecule has 3 nitrogen and oxygen atoms in total. The summed E-state index contributed by atoms with van der Waals surface area (Å²) in [6, 6.07) is 4.32. The first-order valence-corrected chi connectivity index (χ1v) is 6.72. The Bertz CT molecular complexity index is 449. The van der Waals surface area contributed by atoms with Crippen LogP contribution >= 0.6 is 0 Å². The van der Waals surface area contributed by atoms with Gasteiger partial charge in [0.2, 0.25) is 0 Å². The standard InChI is InChI=1S/C15H22N2O/c1-14(2,3)11-5-6-12(16-8-11)17-9-15(4)7-13(17)18-10-15/h5-6,8,13H,7,9-10H2,1-4H3/t13-,15+/m0/s1. The van der Waals surface area contributed by atoms with Crippen LogP contribution in [0.1, 0.15) is 39.7 Å². The lowest BCUT2D eigenvalue weighted by Gasteiger charge is -2.31. The van der Waals surface area contributed by atoms with Crippen molar-refractivity contribution in [3.05, 3.63) is 23.9 Å². The van der Waals surface area contributed by atoms with E-state index in [-0.39, 0.29) is 11.6 Å². The molecular formula is C15H22N2O. The Labute approximate surface area is 109 Å². The summed E-state index contributed by atoms with van der Waals surface area (Å²) >= 11 is 0. The summed E-state index contributed by atoms with van der Waals surface area (Å²) in [6.45, 7) is 10.9. The van der Waals surface area contributed by atoms with Crippen molar-refractivity contribution in [1.82, 2.24) is 4.98 Å². The highest BCUT2D eigenvalue weighted by Crippen LogP contribution is 2.43. The Kier molecular flexibility index (Phi) is 2.46. The normalized spacial score (nSPS) is 31.1. The van der Waals surface area contributed by atoms with Crippen LogP contribution in [0.15, 0.2) is 18.3 Å². The molecule has 2 fully saturated rings. The van der Waals surface area contributed by atoms with Crippen molar-refractivity contribution in [3.8, 4) is 0 Å². The maximum absolute atomic E-state index is 5.81. The lowest BCUT2D eigenvalue weighted by atomic mass is 9.88. The highest BCUT2D eigenvalue weighted by atomic mass is 16.5. The number of hydrogen-bond acceptors (Lipinski definition) is 3. The monoisotopic (exact) mass is 246 g/mol. The van der Waals surface area contributed by atoms with Gasteiger partial charge in [0.05, 0.1) is 6.61 Å². The minimum atomic E-state index is 0.165. The maximum atomic E-state index is 5.81. The molecule has 0 spiro atoms. The molecule has 2 bridgehead atoms. The van der Waals surface area contributed by atoms with Crippen LogP contribution in [-0.2, 0) is 10.2 Å². The topological polar surface area (TPSA) is 25.4 Å². The predicted molar refractivity (Wildman–Crippen MR) is 72.7 cm³/mol. The summed E-state index contributed by atoms with van der Waals surface area (Å²) in [5, 5.41) is 0. The molecule has 98 valence electrons. The van der Waals surface area contributed by atoms with Crippen LogP contribution in [0, 0.1) is 5.41 Å². The van der Waals surface area contributed by atoms with Crippen LogP contribution in [0.3, 0.4) is 0 Å². The van der Waals surface area contributed by atoms with E-state index in [1.165, 1.54) is 5.56 Å². The maximum Gasteiger partial charge on any atom is 0.131 e. The van der Waals surface area contributed by atoms with Gasteiger partial charge in [-0.25, -0.2) is 4.98 Å². The SMILES string of the molecule is CC(C)(C)c1ccc(N2C[C@]3(C)CO[C@H]2C3)nc1. The molecule has 2 aliphatic rings. The molecule has 0 amide bonds. The van der Waals surface area contributed by atoms with Crippen molar-refractivity contribution in [2.45, 2.75) is 45.8 Å². The van der Waals surface area contributed by atoms with E-state index in [1.807, 2.05) is 6.20 Å². The van der Waals surface area contributed by atoms with Crippen LogP contribution in [0.2, 0.25) is 0 Å². The number of anilines is 1. The molecule has 3 rings (SSSR count). The minimum Gasteiger partial charge on any atom is -0.358 e. The van der Waals surface area contributed by atoms with Crippen molar-refractivity contribution in [2.24, 2.45) is 5.41 Å². The molecule has 3 heterocycles. The molecule has 1 aromatic heterocycles. The van der Waals surface area contributed by atoms with Gasteiger partial charge in [0.25, 0.3) is 0 Å². The highest BCUT2D eigenvalue weighted by molar-refractivity contribution is 5.43. The summed E-state index contributed by atoms with van der Waals surface area (Å²) in [5.41, 5.74) is 1.77. The molecule has 0 radical (unpaired) electrons. The Hall–Kier alpha value is -1.09. The van der Waals surface area contributed by atoms with Crippen molar-refractivity contribution in [1.29, 1.82) is 0 Å². The van der Waals surface area contributed by atoms with Gasteiger partial charge in [-0.1, -0.05) is 33.8 Å². The Morgan fingerprint density at radius 1 is 1.39 bits per heavy atom. The van der Waals surface area contributed by atoms with Crippen molar-refractivity contribution in [2.75, 3.05) is 18.1 Å². The Balaban J connectivity index is 1.82. The van der Waals surface area contributed by atoms with Gasteiger partial charge in [0.15, 0.2) is 0 Å². The van der Waals surface area contributed by atoms with Gasteiger partial charge in [-0.15, -0.1) is 0 Å². The summed E-state index contributed by atoms with van der Waals surface area (Å²) in [5.74, 6) is 1.05. The van der Waals surface area contributed by atoms with Gasteiger partial charge in [0, 0.05) is 24.6 Å². The van der Waals surface area contributed by atoms with Crippen LogP contribution < -0.4 is 4.90 Å². The van der Waals surface area contributed by atoms with Gasteiger partial charge in [-0.3, -0.25) is 0 Å². The molecule has 18 heavy (non-hydrogen) atoms. The first kappa shape index (κ1) is 12.0. The first-order valence-electron chi connectivity index (χ1n) is 6.72. The van der Waals surface area contributed by atoms with Gasteiger partial charge >= 0.3 is 0 Å². The van der Waals surface area contributed by atoms with E-state index in [2.05, 4.69) is 49.7 Å². The molecule has 3 heteroatoms. The Morgan fingerprint density at radius 2 is 2.17 bits per heavy atom. The fourth-order valence-corrected chi connectivity index (χ4v) is 2.89. The van der Waals surface area contributed by atoms with E-state index < -0.39 is 0 Å². The number of fused-ring (bicyclic) bond motifs is 2. The van der Waals surface area contributed by atoms with E-state index in [9.17, 15) is 0 Å². The summed E-state index contributed by atoms with van der Waals surface area (Å²) in [6.07, 6.45) is 3.38. The molecule has 0 N–H and O–H groups in total. The van der Waals surface area contributed by atoms with Crippen LogP contribution in [0.4, 0.5) is 5.82 Å². The van der Waals surface area contributed by atoms with E-state index in [0.717, 1.165) is 25.4 Å². The van der Waals surface area contributed by atoms with Gasteiger partial charge in [0.1, 0.15) is 12.0 Å². The molecule has 0 unspecified atom stereocenters. The van der Waals surface area contributed by atoms with E-state index >= 15 is 0 Å². The average Bonchev–Trinajstić information content (AvgIpc) is 2.83. The van der Waals surface area contributed by atoms with Crippen LogP contribution in [0.5, 0.6) is 0 Å². The van der Waals surface area contributed by atoms with E-state index in [4.69, 9.17) is 4.74 Å². The van der Waals surface area contributed by atoms with Crippen LogP contribution in [-0.4, -0.2) is 24.4 Å². The molecule has 1 aromatic rings. The average molecular weight is 246 g/mol. The van der Waals surface area contributed by atoms with Gasteiger partial charge in [-0.05, 0) is 17.0 Å². The van der Waals surface area contributed by atoms with Crippen molar-refractivity contribution < 1.29 is 4.74 Å². The lowest BCUT2D eigenvalue weighted by Crippen LogP contribution is -2.38. The quantitative estimate of drug-likeness (QED) is 0.761. The molecule has 2 atom stereocenters. The molecule has 0 saturated carbocycles. The van der Waals surface area contributed by atoms with E-state index in [0.29, 0.717) is 5.41 Å². The zero-order valence-corrected chi connectivity index (χ0v) is 11.7. The number of ether oxygens (including phenoxy) is 1. The largest absolute Gasteiger partial charge is 0.358 e. The zero-order valence-electron chi connectivity index (χ0n) is 11.7. The molecule has 0 aliphatic carbocycles.